The molecular weight excluding hydrogens is 457 g/mol. The third-order valence-corrected chi connectivity index (χ3v) is 7.14. The number of benzene rings is 2. The highest BCUT2D eigenvalue weighted by molar-refractivity contribution is 6.31. The first-order valence-corrected chi connectivity index (χ1v) is 12.5. The van der Waals surface area contributed by atoms with Crippen molar-refractivity contribution in [2.75, 3.05) is 11.9 Å². The van der Waals surface area contributed by atoms with Crippen LogP contribution in [0.4, 0.5) is 5.69 Å². The van der Waals surface area contributed by atoms with Crippen molar-refractivity contribution in [3.63, 3.8) is 0 Å². The summed E-state index contributed by atoms with van der Waals surface area (Å²) in [7, 11) is 0. The maximum Gasteiger partial charge on any atom is 0.249 e. The van der Waals surface area contributed by atoms with Gasteiger partial charge in [-0.1, -0.05) is 60.7 Å². The average Bonchev–Trinajstić information content (AvgIpc) is 3.03. The molecule has 1 heterocycles. The molecule has 1 aliphatic carbocycles. The number of fused-ring (bicyclic) bond motifs is 1. The quantitative estimate of drug-likeness (QED) is 0.538. The standard InChI is InChI=1S/C26H31Cl2N3O2/c1-17(2)29-24(32)16-31(21-9-4-3-5-10-21)26(15-18-7-6-8-19(27)13-18)22-12-11-20(28)14-23(22)30-25(26)33/h6-8,11-14,17,21H,3-5,9-10,15-16H2,1-2H3,(H,29,32)(H,30,33). The summed E-state index contributed by atoms with van der Waals surface area (Å²) in [5.41, 5.74) is 1.49. The molecule has 0 bridgehead atoms. The van der Waals surface area contributed by atoms with Gasteiger partial charge in [-0.15, -0.1) is 0 Å². The second-order valence-electron chi connectivity index (χ2n) is 9.45. The highest BCUT2D eigenvalue weighted by Crippen LogP contribution is 2.46. The van der Waals surface area contributed by atoms with Gasteiger partial charge < -0.3 is 10.6 Å². The molecule has 1 aliphatic heterocycles. The number of amides is 2. The van der Waals surface area contributed by atoms with E-state index in [1.54, 1.807) is 6.07 Å². The lowest BCUT2D eigenvalue weighted by molar-refractivity contribution is -0.135. The van der Waals surface area contributed by atoms with Gasteiger partial charge in [-0.05, 0) is 56.5 Å². The zero-order valence-corrected chi connectivity index (χ0v) is 20.7. The summed E-state index contributed by atoms with van der Waals surface area (Å²) >= 11 is 12.6. The van der Waals surface area contributed by atoms with E-state index in [0.717, 1.165) is 36.8 Å². The van der Waals surface area contributed by atoms with Gasteiger partial charge in [-0.2, -0.15) is 0 Å². The molecule has 5 nitrogen and oxygen atoms in total. The Morgan fingerprint density at radius 2 is 1.85 bits per heavy atom. The number of nitrogens with one attached hydrogen (secondary N) is 2. The van der Waals surface area contributed by atoms with Crippen molar-refractivity contribution in [1.29, 1.82) is 0 Å². The van der Waals surface area contributed by atoms with Crippen molar-refractivity contribution in [2.24, 2.45) is 0 Å². The van der Waals surface area contributed by atoms with E-state index in [1.807, 2.05) is 50.2 Å². The summed E-state index contributed by atoms with van der Waals surface area (Å²) in [6.07, 6.45) is 5.71. The summed E-state index contributed by atoms with van der Waals surface area (Å²) in [6, 6.07) is 13.3. The Morgan fingerprint density at radius 3 is 2.55 bits per heavy atom. The van der Waals surface area contributed by atoms with Crippen LogP contribution in [0.15, 0.2) is 42.5 Å². The van der Waals surface area contributed by atoms with Gasteiger partial charge in [0.25, 0.3) is 0 Å². The van der Waals surface area contributed by atoms with Crippen molar-refractivity contribution in [3.05, 3.63) is 63.6 Å². The van der Waals surface area contributed by atoms with E-state index in [2.05, 4.69) is 15.5 Å². The Morgan fingerprint density at radius 1 is 1.12 bits per heavy atom. The maximum atomic E-state index is 13.9. The molecule has 2 amide bonds. The Kier molecular flexibility index (Phi) is 7.32. The Bertz CT molecular complexity index is 1040. The van der Waals surface area contributed by atoms with Crippen LogP contribution in [-0.2, 0) is 21.5 Å². The molecule has 1 fully saturated rings. The van der Waals surface area contributed by atoms with Gasteiger partial charge in [0.05, 0.1) is 6.54 Å². The van der Waals surface area contributed by atoms with E-state index in [4.69, 9.17) is 23.2 Å². The lowest BCUT2D eigenvalue weighted by Gasteiger charge is -2.45. The van der Waals surface area contributed by atoms with Gasteiger partial charge in [0, 0.05) is 39.8 Å². The van der Waals surface area contributed by atoms with Gasteiger partial charge in [0.2, 0.25) is 11.8 Å². The fraction of sp³-hybridized carbons (Fsp3) is 0.462. The molecule has 2 aromatic carbocycles. The highest BCUT2D eigenvalue weighted by Gasteiger charge is 2.53. The van der Waals surface area contributed by atoms with Crippen LogP contribution < -0.4 is 10.6 Å². The fourth-order valence-corrected chi connectivity index (χ4v) is 5.71. The lowest BCUT2D eigenvalue weighted by Crippen LogP contribution is -2.59. The molecular formula is C26H31Cl2N3O2. The maximum absolute atomic E-state index is 13.9. The van der Waals surface area contributed by atoms with Crippen LogP contribution in [0.3, 0.4) is 0 Å². The van der Waals surface area contributed by atoms with Gasteiger partial charge in [0.1, 0.15) is 5.54 Å². The van der Waals surface area contributed by atoms with Gasteiger partial charge >= 0.3 is 0 Å². The number of carbonyl (C=O) groups is 2. The minimum atomic E-state index is -1.03. The van der Waals surface area contributed by atoms with E-state index >= 15 is 0 Å². The van der Waals surface area contributed by atoms with Crippen molar-refractivity contribution < 1.29 is 9.59 Å². The molecule has 2 aromatic rings. The molecule has 2 N–H and O–H groups in total. The minimum Gasteiger partial charge on any atom is -0.353 e. The van der Waals surface area contributed by atoms with Gasteiger partial charge in [-0.3, -0.25) is 14.5 Å². The average molecular weight is 488 g/mol. The van der Waals surface area contributed by atoms with Crippen LogP contribution in [0.2, 0.25) is 10.0 Å². The predicted octanol–water partition coefficient (Wildman–Crippen LogP) is 5.54. The third kappa shape index (κ3) is 5.06. The summed E-state index contributed by atoms with van der Waals surface area (Å²) in [6.45, 7) is 4.05. The van der Waals surface area contributed by atoms with Crippen molar-refractivity contribution in [1.82, 2.24) is 10.2 Å². The van der Waals surface area contributed by atoms with Crippen LogP contribution in [0.1, 0.15) is 57.1 Å². The van der Waals surface area contributed by atoms with E-state index in [-0.39, 0.29) is 30.4 Å². The number of rotatable bonds is 7. The summed E-state index contributed by atoms with van der Waals surface area (Å²) in [5.74, 6) is -0.195. The minimum absolute atomic E-state index is 0.0260. The van der Waals surface area contributed by atoms with E-state index in [0.29, 0.717) is 22.2 Å². The number of anilines is 1. The van der Waals surface area contributed by atoms with Gasteiger partial charge in [0.15, 0.2) is 0 Å². The Labute approximate surface area is 205 Å². The largest absolute Gasteiger partial charge is 0.353 e. The normalized spacial score (nSPS) is 20.7. The molecule has 7 heteroatoms. The Balaban J connectivity index is 1.85. The monoisotopic (exact) mass is 487 g/mol. The molecule has 4 rings (SSSR count). The summed E-state index contributed by atoms with van der Waals surface area (Å²) in [4.78, 5) is 29.1. The third-order valence-electron chi connectivity index (χ3n) is 6.67. The molecule has 1 atom stereocenters. The zero-order chi connectivity index (χ0) is 23.6. The SMILES string of the molecule is CC(C)NC(=O)CN(C1CCCCC1)C1(Cc2cccc(Cl)c2)C(=O)Nc2cc(Cl)ccc21. The smallest absolute Gasteiger partial charge is 0.249 e. The number of hydrogen-bond acceptors (Lipinski definition) is 3. The fourth-order valence-electron chi connectivity index (χ4n) is 5.32. The van der Waals surface area contributed by atoms with E-state index in [9.17, 15) is 9.59 Å². The van der Waals surface area contributed by atoms with E-state index < -0.39 is 5.54 Å². The van der Waals surface area contributed by atoms with Crippen molar-refractivity contribution >= 4 is 40.7 Å². The zero-order valence-electron chi connectivity index (χ0n) is 19.2. The van der Waals surface area contributed by atoms with Crippen molar-refractivity contribution in [2.45, 2.75) is 70.0 Å². The molecule has 33 heavy (non-hydrogen) atoms. The highest BCUT2D eigenvalue weighted by atomic mass is 35.5. The van der Waals surface area contributed by atoms with Crippen molar-refractivity contribution in [3.8, 4) is 0 Å². The molecule has 1 saturated carbocycles. The second-order valence-corrected chi connectivity index (χ2v) is 10.3. The molecule has 0 radical (unpaired) electrons. The van der Waals surface area contributed by atoms with E-state index in [1.165, 1.54) is 6.42 Å². The second kappa shape index (κ2) is 10.0. The van der Waals surface area contributed by atoms with Crippen LogP contribution in [0.25, 0.3) is 0 Å². The molecule has 0 saturated heterocycles. The predicted molar refractivity (Wildman–Crippen MR) is 134 cm³/mol. The molecule has 176 valence electrons. The topological polar surface area (TPSA) is 61.4 Å². The van der Waals surface area contributed by atoms with Gasteiger partial charge in [-0.25, -0.2) is 0 Å². The number of hydrogen-bond donors (Lipinski definition) is 2. The first-order chi connectivity index (χ1) is 15.8. The summed E-state index contributed by atoms with van der Waals surface area (Å²) < 4.78 is 0. The molecule has 1 unspecified atom stereocenters. The van der Waals surface area contributed by atoms with Crippen LogP contribution in [0.5, 0.6) is 0 Å². The summed E-state index contributed by atoms with van der Waals surface area (Å²) in [5, 5.41) is 7.28. The lowest BCUT2D eigenvalue weighted by atomic mass is 9.80. The van der Waals surface area contributed by atoms with Crippen LogP contribution in [0, 0.1) is 0 Å². The Hall–Kier alpha value is -2.08. The number of nitrogens with zero attached hydrogens (tertiary/aromatic N) is 1. The van der Waals surface area contributed by atoms with Crippen LogP contribution >= 0.6 is 23.2 Å². The number of carbonyl (C=O) groups excluding carboxylic acids is 2. The molecule has 0 spiro atoms. The van der Waals surface area contributed by atoms with Crippen LogP contribution in [-0.4, -0.2) is 35.3 Å². The first kappa shape index (κ1) is 24.1. The number of halogens is 2. The first-order valence-electron chi connectivity index (χ1n) is 11.7. The molecule has 0 aromatic heterocycles. The molecule has 2 aliphatic rings.